The maximum absolute atomic E-state index is 10.8. The van der Waals surface area contributed by atoms with Crippen molar-refractivity contribution in [2.75, 3.05) is 0 Å². The normalized spacial score (nSPS) is 11.2. The van der Waals surface area contributed by atoms with Gasteiger partial charge in [0.1, 0.15) is 11.6 Å². The van der Waals surface area contributed by atoms with Crippen molar-refractivity contribution >= 4 is 23.4 Å². The largest absolute Gasteiger partial charge is 0.477 e. The summed E-state index contributed by atoms with van der Waals surface area (Å²) in [6, 6.07) is 9.37. The average molecular weight is 284 g/mol. The molecule has 0 amide bonds. The Morgan fingerprint density at radius 1 is 1.35 bits per heavy atom. The van der Waals surface area contributed by atoms with E-state index in [0.29, 0.717) is 0 Å². The summed E-state index contributed by atoms with van der Waals surface area (Å²) < 4.78 is 0. The molecule has 20 heavy (non-hydrogen) atoms. The van der Waals surface area contributed by atoms with Crippen LogP contribution in [0.25, 0.3) is 16.5 Å². The highest BCUT2D eigenvalue weighted by Crippen LogP contribution is 2.30. The molecule has 1 N–H and O–H groups in total. The lowest BCUT2D eigenvalue weighted by Gasteiger charge is -2.01. The van der Waals surface area contributed by atoms with Gasteiger partial charge in [-0.25, -0.2) is 4.79 Å². The van der Waals surface area contributed by atoms with Crippen molar-refractivity contribution in [3.05, 3.63) is 46.1 Å². The average Bonchev–Trinajstić information content (AvgIpc) is 2.83. The lowest BCUT2D eigenvalue weighted by atomic mass is 10.1. The number of hydrogen-bond donors (Lipinski definition) is 1. The first-order chi connectivity index (χ1) is 9.49. The minimum Gasteiger partial charge on any atom is -0.477 e. The van der Waals surface area contributed by atoms with E-state index in [1.807, 2.05) is 38.1 Å². The SMILES string of the molecule is Cc1cc(-c2ccc(/C=C(\C#N)C(=O)O)s2)cc(C)n1. The molecular weight excluding hydrogens is 272 g/mol. The molecule has 0 aromatic carbocycles. The fraction of sp³-hybridized carbons (Fsp3) is 0.133. The Bertz CT molecular complexity index is 718. The molecule has 0 atom stereocenters. The molecule has 5 heteroatoms. The number of nitrogens with zero attached hydrogens (tertiary/aromatic N) is 2. The zero-order chi connectivity index (χ0) is 14.7. The maximum Gasteiger partial charge on any atom is 0.346 e. The Morgan fingerprint density at radius 2 is 2.00 bits per heavy atom. The quantitative estimate of drug-likeness (QED) is 0.692. The number of aromatic nitrogens is 1. The van der Waals surface area contributed by atoms with Gasteiger partial charge in [-0.1, -0.05) is 0 Å². The number of pyridine rings is 1. The van der Waals surface area contributed by atoms with Crippen molar-refractivity contribution in [1.82, 2.24) is 4.98 Å². The van der Waals surface area contributed by atoms with E-state index in [9.17, 15) is 4.79 Å². The predicted octanol–water partition coefficient (Wildman–Crippen LogP) is 3.42. The van der Waals surface area contributed by atoms with Gasteiger partial charge >= 0.3 is 5.97 Å². The highest BCUT2D eigenvalue weighted by atomic mass is 32.1. The van der Waals surface area contributed by atoms with E-state index in [1.54, 1.807) is 6.07 Å². The van der Waals surface area contributed by atoms with E-state index in [4.69, 9.17) is 10.4 Å². The van der Waals surface area contributed by atoms with Crippen molar-refractivity contribution in [1.29, 1.82) is 5.26 Å². The summed E-state index contributed by atoms with van der Waals surface area (Å²) in [5.41, 5.74) is 2.66. The molecule has 0 aliphatic carbocycles. The first-order valence-electron chi connectivity index (χ1n) is 5.90. The van der Waals surface area contributed by atoms with Crippen molar-refractivity contribution in [3.63, 3.8) is 0 Å². The molecule has 2 aromatic rings. The van der Waals surface area contributed by atoms with Gasteiger partial charge in [0.15, 0.2) is 0 Å². The van der Waals surface area contributed by atoms with Gasteiger partial charge in [-0.3, -0.25) is 4.98 Å². The summed E-state index contributed by atoms with van der Waals surface area (Å²) in [5, 5.41) is 17.6. The molecule has 0 saturated carbocycles. The third kappa shape index (κ3) is 3.11. The number of hydrogen-bond acceptors (Lipinski definition) is 4. The van der Waals surface area contributed by atoms with Crippen LogP contribution in [0.1, 0.15) is 16.3 Å². The zero-order valence-electron chi connectivity index (χ0n) is 11.0. The molecule has 4 nitrogen and oxygen atoms in total. The molecular formula is C15H12N2O2S. The van der Waals surface area contributed by atoms with Crippen molar-refractivity contribution < 1.29 is 9.90 Å². The van der Waals surface area contributed by atoms with Crippen LogP contribution in [0.3, 0.4) is 0 Å². The highest BCUT2D eigenvalue weighted by molar-refractivity contribution is 7.16. The van der Waals surface area contributed by atoms with Gasteiger partial charge in [0, 0.05) is 21.1 Å². The Morgan fingerprint density at radius 3 is 2.55 bits per heavy atom. The molecule has 0 aliphatic heterocycles. The molecule has 0 aliphatic rings. The monoisotopic (exact) mass is 284 g/mol. The van der Waals surface area contributed by atoms with E-state index >= 15 is 0 Å². The molecule has 0 unspecified atom stereocenters. The van der Waals surface area contributed by atoms with Gasteiger partial charge in [-0.15, -0.1) is 11.3 Å². The van der Waals surface area contributed by atoms with Crippen LogP contribution in [0, 0.1) is 25.2 Å². The van der Waals surface area contributed by atoms with Crippen LogP contribution in [0.15, 0.2) is 29.8 Å². The standard InChI is InChI=1S/C15H12N2O2S/c1-9-5-11(6-10(2)17-9)14-4-3-13(20-14)7-12(8-16)15(18)19/h3-7H,1-2H3,(H,18,19)/b12-7+. The summed E-state index contributed by atoms with van der Waals surface area (Å²) in [6.07, 6.45) is 1.39. The number of aliphatic carboxylic acids is 1. The van der Waals surface area contributed by atoms with Crippen molar-refractivity contribution in [2.45, 2.75) is 13.8 Å². The molecule has 2 aromatic heterocycles. The summed E-state index contributed by atoms with van der Waals surface area (Å²) in [7, 11) is 0. The van der Waals surface area contributed by atoms with Crippen LogP contribution in [0.5, 0.6) is 0 Å². The molecule has 100 valence electrons. The molecule has 0 fully saturated rings. The minimum absolute atomic E-state index is 0.263. The summed E-state index contributed by atoms with van der Waals surface area (Å²) >= 11 is 1.45. The summed E-state index contributed by atoms with van der Waals surface area (Å²) in [4.78, 5) is 16.9. The van der Waals surface area contributed by atoms with Gasteiger partial charge in [0.2, 0.25) is 0 Å². The topological polar surface area (TPSA) is 74.0 Å². The van der Waals surface area contributed by atoms with Crippen LogP contribution >= 0.6 is 11.3 Å². The van der Waals surface area contributed by atoms with Gasteiger partial charge < -0.3 is 5.11 Å². The van der Waals surface area contributed by atoms with E-state index in [0.717, 1.165) is 26.7 Å². The number of carbonyl (C=O) groups is 1. The number of aryl methyl sites for hydroxylation is 2. The lowest BCUT2D eigenvalue weighted by molar-refractivity contribution is -0.132. The second-order valence-corrected chi connectivity index (χ2v) is 5.43. The predicted molar refractivity (Wildman–Crippen MR) is 78.2 cm³/mol. The third-order valence-corrected chi connectivity index (χ3v) is 3.71. The second-order valence-electron chi connectivity index (χ2n) is 4.32. The molecule has 0 saturated heterocycles. The van der Waals surface area contributed by atoms with Gasteiger partial charge in [-0.05, 0) is 49.8 Å². The number of carboxylic acids is 1. The Balaban J connectivity index is 2.39. The van der Waals surface area contributed by atoms with Gasteiger partial charge in [-0.2, -0.15) is 5.26 Å². The maximum atomic E-state index is 10.8. The fourth-order valence-electron chi connectivity index (χ4n) is 1.85. The Hall–Kier alpha value is -2.45. The molecule has 2 heterocycles. The Kier molecular flexibility index (Phi) is 3.97. The van der Waals surface area contributed by atoms with Crippen LogP contribution in [-0.2, 0) is 4.79 Å². The highest BCUT2D eigenvalue weighted by Gasteiger charge is 2.08. The number of nitriles is 1. The lowest BCUT2D eigenvalue weighted by Crippen LogP contribution is -1.96. The Labute approximate surface area is 120 Å². The first kappa shape index (κ1) is 14.0. The van der Waals surface area contributed by atoms with Gasteiger partial charge in [0.05, 0.1) is 0 Å². The molecule has 0 spiro atoms. The smallest absolute Gasteiger partial charge is 0.346 e. The zero-order valence-corrected chi connectivity index (χ0v) is 11.9. The van der Waals surface area contributed by atoms with Crippen molar-refractivity contribution in [3.8, 4) is 16.5 Å². The fourth-order valence-corrected chi connectivity index (χ4v) is 2.78. The van der Waals surface area contributed by atoms with E-state index in [2.05, 4.69) is 4.98 Å². The number of thiophene rings is 1. The van der Waals surface area contributed by atoms with Crippen molar-refractivity contribution in [2.24, 2.45) is 0 Å². The number of rotatable bonds is 3. The minimum atomic E-state index is -1.21. The van der Waals surface area contributed by atoms with Crippen LogP contribution in [0.4, 0.5) is 0 Å². The van der Waals surface area contributed by atoms with E-state index < -0.39 is 5.97 Å². The first-order valence-corrected chi connectivity index (χ1v) is 6.72. The van der Waals surface area contributed by atoms with Crippen LogP contribution in [0.2, 0.25) is 0 Å². The number of carboxylic acid groups (broad SMARTS) is 1. The van der Waals surface area contributed by atoms with Crippen LogP contribution in [-0.4, -0.2) is 16.1 Å². The molecule has 0 radical (unpaired) electrons. The summed E-state index contributed by atoms with van der Waals surface area (Å²) in [5.74, 6) is -1.21. The van der Waals surface area contributed by atoms with Crippen LogP contribution < -0.4 is 0 Å². The summed E-state index contributed by atoms with van der Waals surface area (Å²) in [6.45, 7) is 3.87. The third-order valence-electron chi connectivity index (χ3n) is 2.63. The molecule has 2 rings (SSSR count). The van der Waals surface area contributed by atoms with E-state index in [1.165, 1.54) is 17.4 Å². The van der Waals surface area contributed by atoms with Gasteiger partial charge in [0.25, 0.3) is 0 Å². The van der Waals surface area contributed by atoms with E-state index in [-0.39, 0.29) is 5.57 Å². The second kappa shape index (κ2) is 5.68. The molecule has 0 bridgehead atoms.